The Kier molecular flexibility index (Phi) is 45.4. The molecule has 0 amide bonds. The second-order valence-electron chi connectivity index (χ2n) is 15.1. The Labute approximate surface area is 340 Å². The van der Waals surface area contributed by atoms with Gasteiger partial charge in [0.15, 0.2) is 13.2 Å². The summed E-state index contributed by atoms with van der Waals surface area (Å²) in [5, 5.41) is 27.8. The third-order valence-corrected chi connectivity index (χ3v) is 9.80. The van der Waals surface area contributed by atoms with Crippen molar-refractivity contribution in [3.05, 3.63) is 24.3 Å². The lowest BCUT2D eigenvalue weighted by Gasteiger charge is -2.34. The maximum atomic E-state index is 10.1. The van der Waals surface area contributed by atoms with Crippen molar-refractivity contribution in [2.24, 2.45) is 10.3 Å². The SMILES string of the molecule is CCCCCCCC/C=C\CCCCCCCC=NOCC[N+](C)(CCON=CCCCCCCC/C=C\CCCCCCCC)CC(O)CO.[I-]. The predicted molar refractivity (Wildman–Crippen MR) is 222 cm³/mol. The maximum Gasteiger partial charge on any atom is 0.165 e. The van der Waals surface area contributed by atoms with Crippen LogP contribution in [0.25, 0.3) is 0 Å². The van der Waals surface area contributed by atoms with Crippen LogP contribution in [0.5, 0.6) is 0 Å². The van der Waals surface area contributed by atoms with Gasteiger partial charge in [-0.15, -0.1) is 0 Å². The number of hydrogen-bond donors (Lipinski definition) is 2. The van der Waals surface area contributed by atoms with Crippen LogP contribution in [0.3, 0.4) is 0 Å². The zero-order chi connectivity index (χ0) is 37.2. The van der Waals surface area contributed by atoms with Crippen molar-refractivity contribution < 1.29 is 48.3 Å². The number of aliphatic hydroxyl groups excluding tert-OH is 2. The highest BCUT2D eigenvalue weighted by Crippen LogP contribution is 2.12. The van der Waals surface area contributed by atoms with Gasteiger partial charge in [-0.1, -0.05) is 151 Å². The van der Waals surface area contributed by atoms with Crippen molar-refractivity contribution >= 4 is 12.4 Å². The number of nitrogens with zero attached hydrogens (tertiary/aromatic N) is 3. The van der Waals surface area contributed by atoms with Crippen molar-refractivity contribution in [2.45, 2.75) is 200 Å². The van der Waals surface area contributed by atoms with Crippen molar-refractivity contribution in [3.63, 3.8) is 0 Å². The van der Waals surface area contributed by atoms with Crippen LogP contribution in [0.2, 0.25) is 0 Å². The minimum Gasteiger partial charge on any atom is -1.00 e. The lowest BCUT2D eigenvalue weighted by Crippen LogP contribution is -3.00. The van der Waals surface area contributed by atoms with Gasteiger partial charge in [-0.05, 0) is 77.0 Å². The first kappa shape index (κ1) is 53.1. The molecule has 1 unspecified atom stereocenters. The molecule has 0 saturated carbocycles. The summed E-state index contributed by atoms with van der Waals surface area (Å²) in [7, 11) is 2.05. The molecule has 0 fully saturated rings. The molecule has 308 valence electrons. The first-order valence-electron chi connectivity index (χ1n) is 21.8. The summed E-state index contributed by atoms with van der Waals surface area (Å²) < 4.78 is 0.523. The fourth-order valence-electron chi connectivity index (χ4n) is 6.31. The number of unbranched alkanes of at least 4 members (excludes halogenated alkanes) is 24. The number of halogens is 1. The van der Waals surface area contributed by atoms with Crippen LogP contribution in [0, 0.1) is 0 Å². The molecule has 2 N–H and O–H groups in total. The smallest absolute Gasteiger partial charge is 0.165 e. The molecule has 0 aromatic rings. The highest BCUT2D eigenvalue weighted by atomic mass is 127. The largest absolute Gasteiger partial charge is 1.00 e. The van der Waals surface area contributed by atoms with E-state index in [1.165, 1.54) is 154 Å². The summed E-state index contributed by atoms with van der Waals surface area (Å²) in [6.45, 7) is 6.98. The van der Waals surface area contributed by atoms with Crippen LogP contribution in [-0.4, -0.2) is 79.7 Å². The molecule has 0 aromatic heterocycles. The van der Waals surface area contributed by atoms with E-state index in [1.807, 2.05) is 12.4 Å². The lowest BCUT2D eigenvalue weighted by molar-refractivity contribution is -0.913. The van der Waals surface area contributed by atoms with E-state index in [0.717, 1.165) is 25.7 Å². The Balaban J connectivity index is 0. The van der Waals surface area contributed by atoms with Gasteiger partial charge in [0.25, 0.3) is 0 Å². The van der Waals surface area contributed by atoms with Crippen LogP contribution in [0.1, 0.15) is 194 Å². The highest BCUT2D eigenvalue weighted by Gasteiger charge is 2.25. The fraction of sp³-hybridized carbons (Fsp3) is 0.864. The fourth-order valence-corrected chi connectivity index (χ4v) is 6.31. The molecule has 0 radical (unpaired) electrons. The molecule has 0 aromatic carbocycles. The molecule has 0 aliphatic carbocycles. The van der Waals surface area contributed by atoms with Crippen LogP contribution in [-0.2, 0) is 9.68 Å². The normalized spacial score (nSPS) is 13.8. The molecule has 0 saturated heterocycles. The standard InChI is InChI=1S/C44H86N3O4.HI/c1-4-6-8-10-12-14-16-18-20-22-24-26-28-30-32-34-36-45-50-40-38-47(3,42-44(49)43-48)39-41-51-46-37-35-33-31-29-27-25-23-21-19-17-15-13-11-9-7-5-2;/h18-21,36-37,44,48-49H,4-17,22-35,38-43H2,1-3H3;1H/q+1;/p-1/b20-18-,21-19-,45-36?,46-37?;. The van der Waals surface area contributed by atoms with E-state index in [-0.39, 0.29) is 30.6 Å². The van der Waals surface area contributed by atoms with Gasteiger partial charge < -0.3 is 48.3 Å². The lowest BCUT2D eigenvalue weighted by atomic mass is 10.1. The van der Waals surface area contributed by atoms with Crippen LogP contribution >= 0.6 is 0 Å². The third-order valence-electron chi connectivity index (χ3n) is 9.80. The van der Waals surface area contributed by atoms with Crippen molar-refractivity contribution in [1.82, 2.24) is 0 Å². The van der Waals surface area contributed by atoms with Gasteiger partial charge in [-0.3, -0.25) is 0 Å². The molecule has 7 nitrogen and oxygen atoms in total. The summed E-state index contributed by atoms with van der Waals surface area (Å²) in [6.07, 6.45) is 48.4. The first-order valence-corrected chi connectivity index (χ1v) is 21.8. The highest BCUT2D eigenvalue weighted by molar-refractivity contribution is 5.56. The van der Waals surface area contributed by atoms with Crippen molar-refractivity contribution in [1.29, 1.82) is 0 Å². The van der Waals surface area contributed by atoms with Gasteiger partial charge in [0, 0.05) is 12.4 Å². The number of quaternary nitrogens is 1. The van der Waals surface area contributed by atoms with Gasteiger partial charge in [0.2, 0.25) is 0 Å². The minimum atomic E-state index is -0.774. The average molecular weight is 848 g/mol. The molecule has 8 heteroatoms. The Bertz CT molecular complexity index is 752. The van der Waals surface area contributed by atoms with Gasteiger partial charge in [-0.25, -0.2) is 0 Å². The Morgan fingerprint density at radius 3 is 1.13 bits per heavy atom. The van der Waals surface area contributed by atoms with Crippen molar-refractivity contribution in [2.75, 3.05) is 46.5 Å². The summed E-state index contributed by atoms with van der Waals surface area (Å²) in [6, 6.07) is 0. The minimum absolute atomic E-state index is 0. The monoisotopic (exact) mass is 848 g/mol. The van der Waals surface area contributed by atoms with E-state index in [9.17, 15) is 10.2 Å². The Hall–Kier alpha value is -0.970. The van der Waals surface area contributed by atoms with E-state index in [0.29, 0.717) is 37.3 Å². The van der Waals surface area contributed by atoms with Crippen LogP contribution < -0.4 is 24.0 Å². The number of rotatable bonds is 41. The van der Waals surface area contributed by atoms with E-state index in [4.69, 9.17) is 9.68 Å². The van der Waals surface area contributed by atoms with Gasteiger partial charge in [0.1, 0.15) is 25.7 Å². The summed E-state index contributed by atoms with van der Waals surface area (Å²) in [4.78, 5) is 11.1. The summed E-state index contributed by atoms with van der Waals surface area (Å²) in [5.74, 6) is 0. The number of allylic oxidation sites excluding steroid dienone is 4. The molecule has 0 heterocycles. The molecule has 0 aliphatic heterocycles. The molecule has 1 atom stereocenters. The second kappa shape index (κ2) is 44.4. The van der Waals surface area contributed by atoms with Crippen LogP contribution in [0.4, 0.5) is 0 Å². The predicted octanol–water partition coefficient (Wildman–Crippen LogP) is 8.87. The van der Waals surface area contributed by atoms with E-state index >= 15 is 0 Å². The van der Waals surface area contributed by atoms with Gasteiger partial charge in [0.05, 0.1) is 13.7 Å². The molecule has 0 aliphatic rings. The van der Waals surface area contributed by atoms with E-state index in [1.54, 1.807) is 0 Å². The number of aliphatic hydroxyl groups is 2. The molecular formula is C44H86IN3O4. The van der Waals surface area contributed by atoms with Crippen molar-refractivity contribution in [3.8, 4) is 0 Å². The quantitative estimate of drug-likeness (QED) is 0.0161. The molecular weight excluding hydrogens is 761 g/mol. The Morgan fingerprint density at radius 1 is 0.500 bits per heavy atom. The molecule has 0 rings (SSSR count). The molecule has 0 spiro atoms. The van der Waals surface area contributed by atoms with Gasteiger partial charge >= 0.3 is 0 Å². The van der Waals surface area contributed by atoms with E-state index in [2.05, 4.69) is 55.5 Å². The molecule has 52 heavy (non-hydrogen) atoms. The summed E-state index contributed by atoms with van der Waals surface area (Å²) >= 11 is 0. The van der Waals surface area contributed by atoms with Crippen LogP contribution in [0.15, 0.2) is 34.6 Å². The van der Waals surface area contributed by atoms with Gasteiger partial charge in [-0.2, -0.15) is 0 Å². The van der Waals surface area contributed by atoms with E-state index < -0.39 is 6.10 Å². The second-order valence-corrected chi connectivity index (χ2v) is 15.1. The first-order chi connectivity index (χ1) is 25.1. The number of oxime groups is 2. The summed E-state index contributed by atoms with van der Waals surface area (Å²) in [5.41, 5.74) is 0. The number of hydrogen-bond acceptors (Lipinski definition) is 6. The molecule has 0 bridgehead atoms. The Morgan fingerprint density at radius 2 is 0.808 bits per heavy atom. The topological polar surface area (TPSA) is 83.6 Å². The average Bonchev–Trinajstić information content (AvgIpc) is 3.13. The zero-order valence-corrected chi connectivity index (χ0v) is 36.7. The maximum absolute atomic E-state index is 10.1. The zero-order valence-electron chi connectivity index (χ0n) is 34.5. The number of likely N-dealkylation sites (N-methyl/N-ethyl adjacent to an activating group) is 1. The third kappa shape index (κ3) is 41.8.